The van der Waals surface area contributed by atoms with Crippen LogP contribution < -0.4 is 0 Å². The number of aliphatic hydroxyl groups excluding tert-OH is 3. The van der Waals surface area contributed by atoms with Crippen molar-refractivity contribution in [3.63, 3.8) is 0 Å². The molecule has 1 fully saturated rings. The predicted molar refractivity (Wildman–Crippen MR) is 58.4 cm³/mol. The van der Waals surface area contributed by atoms with Gasteiger partial charge in [0.25, 0.3) is 0 Å². The number of hydrogen-bond donors (Lipinski definition) is 4. The number of H-pyrrole nitrogens is 1. The van der Waals surface area contributed by atoms with E-state index in [1.165, 1.54) is 6.33 Å². The van der Waals surface area contributed by atoms with E-state index in [2.05, 4.69) is 20.2 Å². The number of aromatic amines is 1. The highest BCUT2D eigenvalue weighted by molar-refractivity contribution is 5.75. The first-order chi connectivity index (χ1) is 8.72. The summed E-state index contributed by atoms with van der Waals surface area (Å²) in [5.74, 6) is 0. The van der Waals surface area contributed by atoms with Gasteiger partial charge in [-0.1, -0.05) is 0 Å². The van der Waals surface area contributed by atoms with E-state index in [1.54, 1.807) is 6.20 Å². The number of nitrogens with one attached hydrogen (secondary N) is 1. The van der Waals surface area contributed by atoms with Crippen LogP contribution in [-0.4, -0.2) is 60.4 Å². The fraction of sp³-hybridized carbons (Fsp3) is 0.500. The first-order valence-corrected chi connectivity index (χ1v) is 5.49. The molecule has 2 aromatic heterocycles. The summed E-state index contributed by atoms with van der Waals surface area (Å²) in [7, 11) is 0. The van der Waals surface area contributed by atoms with Crippen LogP contribution in [0.5, 0.6) is 0 Å². The normalized spacial score (nSPS) is 32.2. The molecule has 2 aromatic rings. The average molecular weight is 252 g/mol. The summed E-state index contributed by atoms with van der Waals surface area (Å²) in [6.07, 6.45) is -1.01. The number of nitrogens with zero attached hydrogens (tertiary/aromatic N) is 3. The molecule has 1 aliphatic heterocycles. The lowest BCUT2D eigenvalue weighted by atomic mass is 10.1. The molecule has 3 rings (SSSR count). The largest absolute Gasteiger partial charge is 0.394 e. The predicted octanol–water partition coefficient (Wildman–Crippen LogP) is -1.49. The minimum absolute atomic E-state index is 0.369. The Labute approximate surface area is 101 Å². The van der Waals surface area contributed by atoms with E-state index in [-0.39, 0.29) is 6.61 Å². The quantitative estimate of drug-likeness (QED) is 0.513. The Balaban J connectivity index is 2.00. The van der Waals surface area contributed by atoms with Crippen molar-refractivity contribution in [2.45, 2.75) is 24.4 Å². The summed E-state index contributed by atoms with van der Waals surface area (Å²) in [6.45, 7) is -0.369. The van der Waals surface area contributed by atoms with Crippen molar-refractivity contribution in [3.05, 3.63) is 18.2 Å². The summed E-state index contributed by atoms with van der Waals surface area (Å²) in [5, 5.41) is 35.4. The molecule has 0 aromatic carbocycles. The molecule has 3 heterocycles. The van der Waals surface area contributed by atoms with Gasteiger partial charge in [-0.25, -0.2) is 9.97 Å². The fourth-order valence-electron chi connectivity index (χ4n) is 2.11. The zero-order valence-electron chi connectivity index (χ0n) is 9.26. The van der Waals surface area contributed by atoms with Crippen molar-refractivity contribution in [2.75, 3.05) is 6.61 Å². The summed E-state index contributed by atoms with van der Waals surface area (Å²) >= 11 is 0. The van der Waals surface area contributed by atoms with Gasteiger partial charge in [0, 0.05) is 0 Å². The van der Waals surface area contributed by atoms with Gasteiger partial charge in [0.05, 0.1) is 12.8 Å². The van der Waals surface area contributed by atoms with Crippen molar-refractivity contribution >= 4 is 11.0 Å². The van der Waals surface area contributed by atoms with Gasteiger partial charge in [0.2, 0.25) is 0 Å². The van der Waals surface area contributed by atoms with Crippen LogP contribution in [0.25, 0.3) is 11.0 Å². The zero-order chi connectivity index (χ0) is 12.7. The van der Waals surface area contributed by atoms with Gasteiger partial charge < -0.3 is 20.1 Å². The SMILES string of the molecule is OC[C@H]1O[C@@H](c2n[nH]c3cncnc23)[C@H](O)[C@@H]1O. The van der Waals surface area contributed by atoms with Gasteiger partial charge in [-0.05, 0) is 0 Å². The number of hydrogen-bond acceptors (Lipinski definition) is 7. The molecule has 0 bridgehead atoms. The van der Waals surface area contributed by atoms with Crippen LogP contribution in [0.1, 0.15) is 11.8 Å². The second-order valence-corrected chi connectivity index (χ2v) is 4.15. The highest BCUT2D eigenvalue weighted by Gasteiger charge is 2.44. The van der Waals surface area contributed by atoms with Crippen molar-refractivity contribution in [3.8, 4) is 0 Å². The van der Waals surface area contributed by atoms with Gasteiger partial charge >= 0.3 is 0 Å². The molecule has 0 spiro atoms. The molecular formula is C10H12N4O4. The van der Waals surface area contributed by atoms with E-state index in [9.17, 15) is 10.2 Å². The molecule has 0 aliphatic carbocycles. The van der Waals surface area contributed by atoms with Crippen LogP contribution in [-0.2, 0) is 4.74 Å². The topological polar surface area (TPSA) is 124 Å². The molecular weight excluding hydrogens is 240 g/mol. The minimum Gasteiger partial charge on any atom is -0.394 e. The summed E-state index contributed by atoms with van der Waals surface area (Å²) in [5.41, 5.74) is 1.54. The number of rotatable bonds is 2. The lowest BCUT2D eigenvalue weighted by Crippen LogP contribution is -2.32. The maximum absolute atomic E-state index is 9.91. The number of fused-ring (bicyclic) bond motifs is 1. The van der Waals surface area contributed by atoms with Crippen molar-refractivity contribution < 1.29 is 20.1 Å². The maximum atomic E-state index is 9.91. The molecule has 0 unspecified atom stereocenters. The minimum atomic E-state index is -1.15. The van der Waals surface area contributed by atoms with Crippen LogP contribution >= 0.6 is 0 Å². The third-order valence-corrected chi connectivity index (χ3v) is 3.06. The standard InChI is InChI=1S/C10H12N4O4/c15-2-5-8(16)9(17)10(18-5)7-6-4(13-14-7)1-11-3-12-6/h1,3,5,8-10,15-17H,2H2,(H,13,14)/t5-,8-,9-,10+/m1/s1. The Bertz CT molecular complexity index is 560. The molecule has 1 saturated heterocycles. The van der Waals surface area contributed by atoms with E-state index in [1.807, 2.05) is 0 Å². The van der Waals surface area contributed by atoms with Crippen molar-refractivity contribution in [1.82, 2.24) is 20.2 Å². The Kier molecular flexibility index (Phi) is 2.71. The molecule has 0 amide bonds. The Morgan fingerprint density at radius 2 is 2.17 bits per heavy atom. The lowest BCUT2D eigenvalue weighted by molar-refractivity contribution is -0.0236. The number of ether oxygens (including phenoxy) is 1. The summed E-state index contributed by atoms with van der Waals surface area (Å²) < 4.78 is 5.39. The number of aliphatic hydroxyl groups is 3. The number of aromatic nitrogens is 4. The fourth-order valence-corrected chi connectivity index (χ4v) is 2.11. The smallest absolute Gasteiger partial charge is 0.133 e. The highest BCUT2D eigenvalue weighted by Crippen LogP contribution is 2.34. The Morgan fingerprint density at radius 3 is 2.89 bits per heavy atom. The van der Waals surface area contributed by atoms with Gasteiger partial charge in [-0.15, -0.1) is 0 Å². The van der Waals surface area contributed by atoms with E-state index >= 15 is 0 Å². The molecule has 0 saturated carbocycles. The molecule has 8 heteroatoms. The first-order valence-electron chi connectivity index (χ1n) is 5.49. The summed E-state index contributed by atoms with van der Waals surface area (Å²) in [6, 6.07) is 0. The second kappa shape index (κ2) is 4.25. The monoisotopic (exact) mass is 252 g/mol. The van der Waals surface area contributed by atoms with Crippen LogP contribution in [0.3, 0.4) is 0 Å². The maximum Gasteiger partial charge on any atom is 0.133 e. The van der Waals surface area contributed by atoms with Crippen LogP contribution in [0.2, 0.25) is 0 Å². The lowest BCUT2D eigenvalue weighted by Gasteiger charge is -2.11. The first kappa shape index (κ1) is 11.5. The van der Waals surface area contributed by atoms with Gasteiger partial charge in [0.15, 0.2) is 0 Å². The molecule has 8 nitrogen and oxygen atoms in total. The van der Waals surface area contributed by atoms with Crippen LogP contribution in [0, 0.1) is 0 Å². The Morgan fingerprint density at radius 1 is 1.33 bits per heavy atom. The van der Waals surface area contributed by atoms with Crippen LogP contribution in [0.4, 0.5) is 0 Å². The van der Waals surface area contributed by atoms with Crippen molar-refractivity contribution in [1.29, 1.82) is 0 Å². The molecule has 96 valence electrons. The second-order valence-electron chi connectivity index (χ2n) is 4.15. The zero-order valence-corrected chi connectivity index (χ0v) is 9.26. The molecule has 0 radical (unpaired) electrons. The average Bonchev–Trinajstić information content (AvgIpc) is 2.93. The molecule has 4 N–H and O–H groups in total. The molecule has 1 aliphatic rings. The highest BCUT2D eigenvalue weighted by atomic mass is 16.6. The van der Waals surface area contributed by atoms with E-state index < -0.39 is 24.4 Å². The Hall–Kier alpha value is -1.61. The third-order valence-electron chi connectivity index (χ3n) is 3.06. The van der Waals surface area contributed by atoms with E-state index in [0.29, 0.717) is 16.7 Å². The van der Waals surface area contributed by atoms with Gasteiger partial charge in [-0.2, -0.15) is 5.10 Å². The molecule has 18 heavy (non-hydrogen) atoms. The van der Waals surface area contributed by atoms with E-state index in [0.717, 1.165) is 0 Å². The van der Waals surface area contributed by atoms with E-state index in [4.69, 9.17) is 9.84 Å². The molecule has 4 atom stereocenters. The van der Waals surface area contributed by atoms with Crippen LogP contribution in [0.15, 0.2) is 12.5 Å². The van der Waals surface area contributed by atoms with Gasteiger partial charge in [-0.3, -0.25) is 5.10 Å². The summed E-state index contributed by atoms with van der Waals surface area (Å²) in [4.78, 5) is 7.90. The van der Waals surface area contributed by atoms with Crippen molar-refractivity contribution in [2.24, 2.45) is 0 Å². The third kappa shape index (κ3) is 1.58. The van der Waals surface area contributed by atoms with Gasteiger partial charge in [0.1, 0.15) is 47.5 Å².